The van der Waals surface area contributed by atoms with Gasteiger partial charge in [0, 0.05) is 24.8 Å². The predicted octanol–water partition coefficient (Wildman–Crippen LogP) is 2.06. The summed E-state index contributed by atoms with van der Waals surface area (Å²) in [6.45, 7) is 2.52. The van der Waals surface area contributed by atoms with Crippen molar-refractivity contribution in [3.63, 3.8) is 0 Å². The van der Waals surface area contributed by atoms with E-state index in [1.54, 1.807) is 13.2 Å². The van der Waals surface area contributed by atoms with Crippen LogP contribution in [0.3, 0.4) is 0 Å². The van der Waals surface area contributed by atoms with E-state index in [0.29, 0.717) is 18.2 Å². The molecule has 0 amide bonds. The number of hydrogen-bond acceptors (Lipinski definition) is 5. The molecule has 0 spiro atoms. The number of nitrogens with two attached hydrogens (primary N) is 1. The van der Waals surface area contributed by atoms with E-state index in [4.69, 9.17) is 22.7 Å². The quantitative estimate of drug-likeness (QED) is 0.853. The minimum Gasteiger partial charge on any atom is -0.496 e. The van der Waals surface area contributed by atoms with Crippen LogP contribution in [-0.2, 0) is 6.54 Å². The molecule has 5 nitrogen and oxygen atoms in total. The van der Waals surface area contributed by atoms with Gasteiger partial charge in [-0.3, -0.25) is 0 Å². The molecule has 0 saturated heterocycles. The van der Waals surface area contributed by atoms with Crippen LogP contribution in [0.5, 0.6) is 5.75 Å². The standard InChI is InChI=1S/C15H18N4OS/c1-10-8-12(14(16)21)18-15(17-10)19(2)9-11-6-4-5-7-13(11)20-3/h4-8H,9H2,1-3H3,(H2,16,21). The molecule has 0 radical (unpaired) electrons. The lowest BCUT2D eigenvalue weighted by Gasteiger charge is -2.19. The highest BCUT2D eigenvalue weighted by molar-refractivity contribution is 7.80. The number of methoxy groups -OCH3 is 1. The Hall–Kier alpha value is -2.21. The monoisotopic (exact) mass is 302 g/mol. The average molecular weight is 302 g/mol. The highest BCUT2D eigenvalue weighted by atomic mass is 32.1. The molecule has 0 aliphatic heterocycles. The average Bonchev–Trinajstić information content (AvgIpc) is 2.47. The topological polar surface area (TPSA) is 64.3 Å². The Labute approximate surface area is 129 Å². The first-order chi connectivity index (χ1) is 10.0. The maximum atomic E-state index is 5.65. The van der Waals surface area contributed by atoms with Crippen LogP contribution in [0.25, 0.3) is 0 Å². The Morgan fingerprint density at radius 3 is 2.71 bits per heavy atom. The zero-order valence-electron chi connectivity index (χ0n) is 12.3. The lowest BCUT2D eigenvalue weighted by molar-refractivity contribution is 0.409. The van der Waals surface area contributed by atoms with Crippen molar-refractivity contribution in [2.24, 2.45) is 5.73 Å². The van der Waals surface area contributed by atoms with E-state index >= 15 is 0 Å². The Morgan fingerprint density at radius 2 is 2.05 bits per heavy atom. The molecule has 2 N–H and O–H groups in total. The lowest BCUT2D eigenvalue weighted by Crippen LogP contribution is -2.22. The van der Waals surface area contributed by atoms with Crippen LogP contribution in [0.4, 0.5) is 5.95 Å². The lowest BCUT2D eigenvalue weighted by atomic mass is 10.2. The number of anilines is 1. The van der Waals surface area contributed by atoms with E-state index in [0.717, 1.165) is 17.0 Å². The van der Waals surface area contributed by atoms with Crippen molar-refractivity contribution in [3.8, 4) is 5.75 Å². The Balaban J connectivity index is 2.28. The minimum atomic E-state index is 0.271. The van der Waals surface area contributed by atoms with E-state index in [-0.39, 0.29) is 4.99 Å². The summed E-state index contributed by atoms with van der Waals surface area (Å²) in [5.74, 6) is 1.43. The summed E-state index contributed by atoms with van der Waals surface area (Å²) >= 11 is 4.99. The highest BCUT2D eigenvalue weighted by Crippen LogP contribution is 2.20. The van der Waals surface area contributed by atoms with Crippen LogP contribution in [0.1, 0.15) is 17.0 Å². The fourth-order valence-corrected chi connectivity index (χ4v) is 2.11. The third kappa shape index (κ3) is 3.66. The van der Waals surface area contributed by atoms with Crippen molar-refractivity contribution in [1.82, 2.24) is 9.97 Å². The van der Waals surface area contributed by atoms with Gasteiger partial charge >= 0.3 is 0 Å². The summed E-state index contributed by atoms with van der Waals surface area (Å²) in [6, 6.07) is 9.64. The van der Waals surface area contributed by atoms with Crippen LogP contribution < -0.4 is 15.4 Å². The van der Waals surface area contributed by atoms with Crippen molar-refractivity contribution in [1.29, 1.82) is 0 Å². The number of benzene rings is 1. The molecule has 1 heterocycles. The Bertz CT molecular complexity index is 660. The summed E-state index contributed by atoms with van der Waals surface area (Å²) in [7, 11) is 3.58. The van der Waals surface area contributed by atoms with Gasteiger partial charge < -0.3 is 15.4 Å². The first-order valence-corrected chi connectivity index (χ1v) is 6.90. The first kappa shape index (κ1) is 15.2. The molecule has 0 saturated carbocycles. The predicted molar refractivity (Wildman–Crippen MR) is 87.8 cm³/mol. The summed E-state index contributed by atoms with van der Waals surface area (Å²) < 4.78 is 5.36. The molecule has 1 aromatic heterocycles. The molecule has 110 valence electrons. The largest absolute Gasteiger partial charge is 0.496 e. The molecule has 0 aliphatic carbocycles. The number of aromatic nitrogens is 2. The molecule has 0 aliphatic rings. The van der Waals surface area contributed by atoms with Gasteiger partial charge in [0.05, 0.1) is 7.11 Å². The Morgan fingerprint density at radius 1 is 1.33 bits per heavy atom. The highest BCUT2D eigenvalue weighted by Gasteiger charge is 2.11. The van der Waals surface area contributed by atoms with Gasteiger partial charge in [-0.2, -0.15) is 0 Å². The van der Waals surface area contributed by atoms with E-state index < -0.39 is 0 Å². The maximum Gasteiger partial charge on any atom is 0.226 e. The number of hydrogen-bond donors (Lipinski definition) is 1. The van der Waals surface area contributed by atoms with E-state index in [2.05, 4.69) is 9.97 Å². The van der Waals surface area contributed by atoms with E-state index in [9.17, 15) is 0 Å². The van der Waals surface area contributed by atoms with Gasteiger partial charge in [-0.05, 0) is 19.1 Å². The van der Waals surface area contributed by atoms with Crippen molar-refractivity contribution in [2.45, 2.75) is 13.5 Å². The van der Waals surface area contributed by atoms with Crippen molar-refractivity contribution < 1.29 is 4.74 Å². The molecule has 1 aromatic carbocycles. The third-order valence-corrected chi connectivity index (χ3v) is 3.25. The van der Waals surface area contributed by atoms with Gasteiger partial charge in [-0.25, -0.2) is 9.97 Å². The van der Waals surface area contributed by atoms with Crippen LogP contribution in [-0.4, -0.2) is 29.1 Å². The molecule has 2 aromatic rings. The molecule has 0 bridgehead atoms. The van der Waals surface area contributed by atoms with Crippen LogP contribution >= 0.6 is 12.2 Å². The number of ether oxygens (including phenoxy) is 1. The van der Waals surface area contributed by atoms with Gasteiger partial charge in [0.2, 0.25) is 5.95 Å². The number of thiocarbonyl (C=S) groups is 1. The number of rotatable bonds is 5. The number of aryl methyl sites for hydroxylation is 1. The molecular weight excluding hydrogens is 284 g/mol. The first-order valence-electron chi connectivity index (χ1n) is 6.49. The van der Waals surface area contributed by atoms with Crippen molar-refractivity contribution in [2.75, 3.05) is 19.1 Å². The molecule has 2 rings (SSSR count). The SMILES string of the molecule is COc1ccccc1CN(C)c1nc(C)cc(C(N)=S)n1. The zero-order valence-corrected chi connectivity index (χ0v) is 13.1. The molecule has 6 heteroatoms. The smallest absolute Gasteiger partial charge is 0.226 e. The molecule has 21 heavy (non-hydrogen) atoms. The minimum absolute atomic E-state index is 0.271. The van der Waals surface area contributed by atoms with Gasteiger partial charge in [-0.15, -0.1) is 0 Å². The third-order valence-electron chi connectivity index (χ3n) is 3.04. The number of nitrogens with zero attached hydrogens (tertiary/aromatic N) is 3. The molecule has 0 atom stereocenters. The maximum absolute atomic E-state index is 5.65. The summed E-state index contributed by atoms with van der Waals surface area (Å²) in [6.07, 6.45) is 0. The number of para-hydroxylation sites is 1. The van der Waals surface area contributed by atoms with Gasteiger partial charge in [-0.1, -0.05) is 30.4 Å². The normalized spacial score (nSPS) is 10.2. The van der Waals surface area contributed by atoms with Crippen molar-refractivity contribution in [3.05, 3.63) is 47.3 Å². The van der Waals surface area contributed by atoms with E-state index in [1.165, 1.54) is 0 Å². The van der Waals surface area contributed by atoms with Gasteiger partial charge in [0.25, 0.3) is 0 Å². The molecular formula is C15H18N4OS. The second kappa shape index (κ2) is 6.49. The Kier molecular flexibility index (Phi) is 4.70. The fourth-order valence-electron chi connectivity index (χ4n) is 2.01. The molecule has 0 fully saturated rings. The second-order valence-electron chi connectivity index (χ2n) is 4.73. The van der Waals surface area contributed by atoms with Crippen LogP contribution in [0, 0.1) is 6.92 Å². The summed E-state index contributed by atoms with van der Waals surface area (Å²) in [4.78, 5) is 11.0. The fraction of sp³-hybridized carbons (Fsp3) is 0.267. The van der Waals surface area contributed by atoms with E-state index in [1.807, 2.05) is 43.1 Å². The second-order valence-corrected chi connectivity index (χ2v) is 5.17. The van der Waals surface area contributed by atoms with Crippen LogP contribution in [0.2, 0.25) is 0 Å². The zero-order chi connectivity index (χ0) is 15.4. The summed E-state index contributed by atoms with van der Waals surface area (Å²) in [5, 5.41) is 0. The summed E-state index contributed by atoms with van der Waals surface area (Å²) in [5.41, 5.74) is 8.12. The molecule has 0 unspecified atom stereocenters. The van der Waals surface area contributed by atoms with Crippen LogP contribution in [0.15, 0.2) is 30.3 Å². The van der Waals surface area contributed by atoms with Crippen molar-refractivity contribution >= 4 is 23.2 Å². The van der Waals surface area contributed by atoms with Gasteiger partial charge in [0.1, 0.15) is 16.4 Å². The van der Waals surface area contributed by atoms with Gasteiger partial charge in [0.15, 0.2) is 0 Å².